The molecule has 0 atom stereocenters. The number of halogens is 2. The Morgan fingerprint density at radius 1 is 0.255 bits per heavy atom. The third-order valence-corrected chi connectivity index (χ3v) is 22.5. The normalized spacial score (nSPS) is 12.7. The van der Waals surface area contributed by atoms with Gasteiger partial charge in [-0.1, -0.05) is 290 Å². The second-order valence-corrected chi connectivity index (χ2v) is 28.4. The van der Waals surface area contributed by atoms with Crippen LogP contribution in [0.4, 0.5) is 94.1 Å². The summed E-state index contributed by atoms with van der Waals surface area (Å²) in [5, 5.41) is 0. The first kappa shape index (κ1) is 62.6. The molecular weight excluding hydrogens is 1310 g/mol. The van der Waals surface area contributed by atoms with Crippen LogP contribution in [-0.4, -0.2) is 13.4 Å². The van der Waals surface area contributed by atoms with E-state index in [9.17, 15) is 0 Å². The molecule has 4 aliphatic heterocycles. The first-order valence-electron chi connectivity index (χ1n) is 36.0. The van der Waals surface area contributed by atoms with E-state index in [1.807, 2.05) is 12.1 Å². The molecule has 0 N–H and O–H groups in total. The van der Waals surface area contributed by atoms with Gasteiger partial charge in [-0.2, -0.15) is 0 Å². The highest BCUT2D eigenvalue weighted by molar-refractivity contribution is 8.00. The van der Waals surface area contributed by atoms with E-state index in [1.54, 1.807) is 17.8 Å². The summed E-state index contributed by atoms with van der Waals surface area (Å²) in [7, 11) is 0. The van der Waals surface area contributed by atoms with Crippen LogP contribution < -0.4 is 57.3 Å². The summed E-state index contributed by atoms with van der Waals surface area (Å²) in [6.07, 6.45) is 0. The van der Waals surface area contributed by atoms with Gasteiger partial charge in [0.1, 0.15) is 11.6 Å². The first-order chi connectivity index (χ1) is 52.5. The van der Waals surface area contributed by atoms with Crippen LogP contribution in [0.3, 0.4) is 0 Å². The van der Waals surface area contributed by atoms with Crippen molar-refractivity contribution in [2.45, 2.75) is 9.79 Å². The van der Waals surface area contributed by atoms with Crippen molar-refractivity contribution in [2.75, 3.05) is 24.5 Å². The zero-order valence-corrected chi connectivity index (χ0v) is 58.2. The molecule has 0 fully saturated rings. The minimum Gasteiger partial charge on any atom is -0.311 e. The SMILES string of the molecule is Fc1ccc(N2c3cc4c(cc3B3c5ccccc5N(c5ccccc5)c5cc(N(c6ccccc6)c6ccccc6)cc2c53)B2c3ccccc3N(c3c(-c5ccccc5)cccc3-c3ccccc3)c3cc(N(c5ccccc5)c5c(-c6ccccc6)cccc5-c5ccccc5)cc(c32)S4)c(F)c1. The van der Waals surface area contributed by atoms with Gasteiger partial charge in [0.15, 0.2) is 0 Å². The molecule has 16 aromatic carbocycles. The zero-order valence-electron chi connectivity index (χ0n) is 57.4. The lowest BCUT2D eigenvalue weighted by atomic mass is 9.31. The molecule has 0 aromatic heterocycles. The van der Waals surface area contributed by atoms with Crippen molar-refractivity contribution in [3.05, 3.63) is 394 Å². The van der Waals surface area contributed by atoms with E-state index < -0.39 is 11.6 Å². The Labute approximate surface area is 620 Å². The molecular formula is C96H63B2F2N5S. The van der Waals surface area contributed by atoms with E-state index in [0.717, 1.165) is 167 Å². The number of benzene rings is 16. The van der Waals surface area contributed by atoms with Gasteiger partial charge >= 0.3 is 0 Å². The molecule has 4 heterocycles. The molecule has 10 heteroatoms. The highest BCUT2D eigenvalue weighted by Gasteiger charge is 2.48. The zero-order chi connectivity index (χ0) is 70.3. The minimum atomic E-state index is -0.675. The lowest BCUT2D eigenvalue weighted by Crippen LogP contribution is -2.64. The summed E-state index contributed by atoms with van der Waals surface area (Å²) in [4.78, 5) is 13.9. The summed E-state index contributed by atoms with van der Waals surface area (Å²) in [5.41, 5.74) is 29.0. The molecule has 16 aromatic rings. The van der Waals surface area contributed by atoms with Crippen LogP contribution in [0.5, 0.6) is 0 Å². The maximum atomic E-state index is 18.0. The molecule has 0 radical (unpaired) electrons. The maximum absolute atomic E-state index is 18.0. The quantitative estimate of drug-likeness (QED) is 0.106. The fourth-order valence-corrected chi connectivity index (χ4v) is 18.2. The van der Waals surface area contributed by atoms with E-state index >= 15 is 8.78 Å². The van der Waals surface area contributed by atoms with E-state index in [4.69, 9.17) is 0 Å². The fourth-order valence-electron chi connectivity index (χ4n) is 16.9. The Morgan fingerprint density at radius 2 is 0.670 bits per heavy atom. The van der Waals surface area contributed by atoms with Crippen LogP contribution in [0.1, 0.15) is 0 Å². The number of anilines is 15. The molecule has 20 rings (SSSR count). The highest BCUT2D eigenvalue weighted by atomic mass is 32.2. The Kier molecular flexibility index (Phi) is 15.3. The second kappa shape index (κ2) is 26.0. The summed E-state index contributed by atoms with van der Waals surface area (Å²) in [5.74, 6) is -1.33. The predicted molar refractivity (Wildman–Crippen MR) is 441 cm³/mol. The van der Waals surface area contributed by atoms with E-state index in [-0.39, 0.29) is 19.1 Å². The molecule has 498 valence electrons. The molecule has 4 aliphatic rings. The second-order valence-electron chi connectivity index (χ2n) is 27.3. The molecule has 0 amide bonds. The number of nitrogens with zero attached hydrogens (tertiary/aromatic N) is 5. The number of para-hydroxylation sites is 8. The van der Waals surface area contributed by atoms with E-state index in [0.29, 0.717) is 0 Å². The smallest absolute Gasteiger partial charge is 0.252 e. The average Bonchev–Trinajstić information content (AvgIpc) is 0.715. The van der Waals surface area contributed by atoms with Crippen molar-refractivity contribution in [3.63, 3.8) is 0 Å². The Bertz CT molecular complexity index is 5910. The van der Waals surface area contributed by atoms with Gasteiger partial charge in [-0.3, -0.25) is 0 Å². The Hall–Kier alpha value is -13.1. The summed E-state index contributed by atoms with van der Waals surface area (Å²) < 4.78 is 33.8. The molecule has 5 nitrogen and oxygen atoms in total. The maximum Gasteiger partial charge on any atom is 0.252 e. The van der Waals surface area contributed by atoms with Crippen LogP contribution >= 0.6 is 11.8 Å². The standard InChI is InChI=1S/C96H63B2F2N5S/c99-68-55-56-86(83(100)57-68)104-87-63-91-82(62-81(87)97-79-51-25-27-53-84(79)103(72-45-23-8-24-46-72)88-58-73(59-89(104)93(88)97)101(69-39-17-5-18-40-69)70-41-19-6-20-42-70)98-80-52-26-28-54-85(80)105(96-77(66-35-13-3-14-36-66)49-30-50-78(96)67-37-15-4-16-38-67)90-60-74(61-92(106-91)94(90)98)102(71-43-21-7-22-44-71)95-75(64-31-9-1-10-32-64)47-29-48-76(95)65-33-11-2-12-34-65/h1-63H. The summed E-state index contributed by atoms with van der Waals surface area (Å²) in [6, 6.07) is 135. The van der Waals surface area contributed by atoms with Crippen molar-refractivity contribution in [1.82, 2.24) is 0 Å². The van der Waals surface area contributed by atoms with Crippen LogP contribution in [0.2, 0.25) is 0 Å². The molecule has 0 unspecified atom stereocenters. The number of hydrogen-bond donors (Lipinski definition) is 0. The van der Waals surface area contributed by atoms with Gasteiger partial charge in [0.25, 0.3) is 6.71 Å². The van der Waals surface area contributed by atoms with Crippen LogP contribution in [0, 0.1) is 11.6 Å². The van der Waals surface area contributed by atoms with Gasteiger partial charge < -0.3 is 24.5 Å². The molecule has 106 heavy (non-hydrogen) atoms. The topological polar surface area (TPSA) is 16.2 Å². The monoisotopic (exact) mass is 1380 g/mol. The molecule has 0 aliphatic carbocycles. The number of fused-ring (bicyclic) bond motifs is 8. The van der Waals surface area contributed by atoms with Crippen molar-refractivity contribution < 1.29 is 8.78 Å². The number of hydrogen-bond acceptors (Lipinski definition) is 6. The lowest BCUT2D eigenvalue weighted by Gasteiger charge is -2.46. The van der Waals surface area contributed by atoms with Gasteiger partial charge in [-0.15, -0.1) is 0 Å². The van der Waals surface area contributed by atoms with Crippen LogP contribution in [0.15, 0.2) is 392 Å². The van der Waals surface area contributed by atoms with Gasteiger partial charge in [0, 0.05) is 101 Å². The fraction of sp³-hybridized carbons (Fsp3) is 0. The molecule has 0 spiro atoms. The third kappa shape index (κ3) is 10.4. The summed E-state index contributed by atoms with van der Waals surface area (Å²) in [6.45, 7) is -0.683. The lowest BCUT2D eigenvalue weighted by molar-refractivity contribution is 0.584. The Balaban J connectivity index is 0.898. The van der Waals surface area contributed by atoms with E-state index in [2.05, 4.69) is 376 Å². The van der Waals surface area contributed by atoms with Gasteiger partial charge in [0.2, 0.25) is 6.71 Å². The van der Waals surface area contributed by atoms with Crippen molar-refractivity contribution in [1.29, 1.82) is 0 Å². The van der Waals surface area contributed by atoms with E-state index in [1.165, 1.54) is 11.5 Å². The molecule has 0 bridgehead atoms. The summed E-state index contributed by atoms with van der Waals surface area (Å²) >= 11 is 1.77. The van der Waals surface area contributed by atoms with Crippen LogP contribution in [-0.2, 0) is 0 Å². The molecule has 0 saturated carbocycles. The third-order valence-electron chi connectivity index (χ3n) is 21.3. The number of rotatable bonds is 13. The van der Waals surface area contributed by atoms with Gasteiger partial charge in [-0.25, -0.2) is 8.78 Å². The van der Waals surface area contributed by atoms with Crippen LogP contribution in [0.25, 0.3) is 44.5 Å². The predicted octanol–water partition coefficient (Wildman–Crippen LogP) is 22.4. The van der Waals surface area contributed by atoms with Crippen molar-refractivity contribution in [3.8, 4) is 44.5 Å². The van der Waals surface area contributed by atoms with Gasteiger partial charge in [-0.05, 0) is 153 Å². The first-order valence-corrected chi connectivity index (χ1v) is 36.8. The minimum absolute atomic E-state index is 0.233. The highest BCUT2D eigenvalue weighted by Crippen LogP contribution is 2.55. The van der Waals surface area contributed by atoms with Crippen molar-refractivity contribution in [2.24, 2.45) is 0 Å². The largest absolute Gasteiger partial charge is 0.311 e. The average molecular weight is 1380 g/mol. The Morgan fingerprint density at radius 3 is 1.19 bits per heavy atom. The van der Waals surface area contributed by atoms with Gasteiger partial charge in [0.05, 0.1) is 22.7 Å². The molecule has 0 saturated heterocycles. The van der Waals surface area contributed by atoms with Crippen molar-refractivity contribution >= 4 is 143 Å².